The third-order valence-corrected chi connectivity index (χ3v) is 1.54. The number of carbonyl (C=O) groups is 2. The summed E-state index contributed by atoms with van der Waals surface area (Å²) in [5.41, 5.74) is 0.737. The average Bonchev–Trinajstić information content (AvgIpc) is 2.28. The van der Waals surface area contributed by atoms with Gasteiger partial charge in [0.1, 0.15) is 6.54 Å². The number of carbonyl (C=O) groups excluding carboxylic acids is 1. The number of anilines is 1. The topological polar surface area (TPSA) is 84.2 Å². The minimum atomic E-state index is -0.970. The van der Waals surface area contributed by atoms with Crippen LogP contribution in [0.1, 0.15) is 12.5 Å². The summed E-state index contributed by atoms with van der Waals surface area (Å²) in [5, 5.41) is 14.9. The van der Waals surface area contributed by atoms with E-state index in [4.69, 9.17) is 5.11 Å². The highest BCUT2D eigenvalue weighted by atomic mass is 16.4. The molecule has 0 fully saturated rings. The number of nitrogens with one attached hydrogen (secondary N) is 1. The molecule has 0 saturated carbocycles. The van der Waals surface area contributed by atoms with Gasteiger partial charge in [-0.05, 0) is 6.92 Å². The van der Waals surface area contributed by atoms with Gasteiger partial charge in [0.25, 0.3) is 0 Å². The first kappa shape index (κ1) is 10.2. The third kappa shape index (κ3) is 2.58. The molecule has 0 bridgehead atoms. The molecule has 0 aliphatic carbocycles. The van der Waals surface area contributed by atoms with E-state index in [0.29, 0.717) is 5.82 Å². The summed E-state index contributed by atoms with van der Waals surface area (Å²) in [7, 11) is 0. The van der Waals surface area contributed by atoms with Crippen molar-refractivity contribution in [3.63, 3.8) is 0 Å². The van der Waals surface area contributed by atoms with E-state index in [0.717, 1.165) is 5.56 Å². The van der Waals surface area contributed by atoms with Crippen molar-refractivity contribution in [2.75, 3.05) is 5.32 Å². The van der Waals surface area contributed by atoms with Gasteiger partial charge >= 0.3 is 5.97 Å². The molecule has 76 valence electrons. The lowest BCUT2D eigenvalue weighted by Gasteiger charge is -1.96. The Labute approximate surface area is 80.5 Å². The minimum Gasteiger partial charge on any atom is -0.480 e. The third-order valence-electron chi connectivity index (χ3n) is 1.54. The fraction of sp³-hybridized carbons (Fsp3) is 0.375. The van der Waals surface area contributed by atoms with E-state index in [2.05, 4.69) is 10.4 Å². The molecule has 6 nitrogen and oxygen atoms in total. The zero-order valence-electron chi connectivity index (χ0n) is 7.94. The highest BCUT2D eigenvalue weighted by Crippen LogP contribution is 2.10. The Bertz CT molecular complexity index is 370. The van der Waals surface area contributed by atoms with Crippen LogP contribution < -0.4 is 5.32 Å². The molecule has 6 heteroatoms. The van der Waals surface area contributed by atoms with Gasteiger partial charge in [-0.3, -0.25) is 14.3 Å². The fourth-order valence-electron chi connectivity index (χ4n) is 1.03. The number of rotatable bonds is 3. The van der Waals surface area contributed by atoms with Crippen molar-refractivity contribution < 1.29 is 14.7 Å². The first-order chi connectivity index (χ1) is 6.49. The predicted molar refractivity (Wildman–Crippen MR) is 48.9 cm³/mol. The second-order valence-electron chi connectivity index (χ2n) is 2.93. The van der Waals surface area contributed by atoms with Crippen LogP contribution in [0.2, 0.25) is 0 Å². The van der Waals surface area contributed by atoms with E-state index in [1.807, 2.05) is 0 Å². The Kier molecular flexibility index (Phi) is 2.85. The van der Waals surface area contributed by atoms with Crippen molar-refractivity contribution in [1.82, 2.24) is 9.78 Å². The first-order valence-electron chi connectivity index (χ1n) is 4.02. The normalized spacial score (nSPS) is 9.86. The molecule has 1 amide bonds. The summed E-state index contributed by atoms with van der Waals surface area (Å²) >= 11 is 0. The van der Waals surface area contributed by atoms with Crippen LogP contribution in [-0.4, -0.2) is 26.8 Å². The zero-order valence-corrected chi connectivity index (χ0v) is 7.94. The van der Waals surface area contributed by atoms with Crippen LogP contribution in [0.3, 0.4) is 0 Å². The van der Waals surface area contributed by atoms with Crippen LogP contribution in [0, 0.1) is 6.92 Å². The van der Waals surface area contributed by atoms with Gasteiger partial charge in [-0.25, -0.2) is 0 Å². The molecule has 1 aromatic heterocycles. The summed E-state index contributed by atoms with van der Waals surface area (Å²) in [5.74, 6) is -0.797. The SMILES string of the molecule is CC(=O)Nc1nn(CC(=O)O)cc1C. The largest absolute Gasteiger partial charge is 0.480 e. The molecule has 0 aromatic carbocycles. The quantitative estimate of drug-likeness (QED) is 0.726. The Balaban J connectivity index is 2.81. The summed E-state index contributed by atoms with van der Waals surface area (Å²) in [4.78, 5) is 21.1. The maximum Gasteiger partial charge on any atom is 0.325 e. The molecule has 0 aliphatic rings. The van der Waals surface area contributed by atoms with E-state index in [9.17, 15) is 9.59 Å². The van der Waals surface area contributed by atoms with Crippen LogP contribution in [0.4, 0.5) is 5.82 Å². The maximum absolute atomic E-state index is 10.7. The lowest BCUT2D eigenvalue weighted by atomic mass is 10.4. The number of aliphatic carboxylic acids is 1. The number of nitrogens with zero attached hydrogens (tertiary/aromatic N) is 2. The highest BCUT2D eigenvalue weighted by Gasteiger charge is 2.07. The van der Waals surface area contributed by atoms with E-state index in [1.165, 1.54) is 11.6 Å². The second kappa shape index (κ2) is 3.91. The summed E-state index contributed by atoms with van der Waals surface area (Å²) in [6.45, 7) is 2.91. The molecule has 1 aromatic rings. The standard InChI is InChI=1S/C8H11N3O3/c1-5-3-11(4-7(13)14)10-8(5)9-6(2)12/h3H,4H2,1-2H3,(H,13,14)(H,9,10,12). The van der Waals surface area contributed by atoms with Gasteiger partial charge in [0.15, 0.2) is 5.82 Å². The van der Waals surface area contributed by atoms with Crippen LogP contribution in [-0.2, 0) is 16.1 Å². The Hall–Kier alpha value is -1.85. The molecule has 1 rings (SSSR count). The molecule has 0 atom stereocenters. The maximum atomic E-state index is 10.7. The fourth-order valence-corrected chi connectivity index (χ4v) is 1.03. The smallest absolute Gasteiger partial charge is 0.325 e. The minimum absolute atomic E-state index is 0.208. The monoisotopic (exact) mass is 197 g/mol. The number of carboxylic acid groups (broad SMARTS) is 1. The average molecular weight is 197 g/mol. The molecule has 0 radical (unpaired) electrons. The van der Waals surface area contributed by atoms with Gasteiger partial charge in [-0.2, -0.15) is 5.10 Å². The van der Waals surface area contributed by atoms with Crippen molar-refractivity contribution in [1.29, 1.82) is 0 Å². The molecule has 14 heavy (non-hydrogen) atoms. The van der Waals surface area contributed by atoms with E-state index < -0.39 is 5.97 Å². The zero-order chi connectivity index (χ0) is 10.7. The molecule has 0 unspecified atom stereocenters. The summed E-state index contributed by atoms with van der Waals surface area (Å²) in [6.07, 6.45) is 1.57. The van der Waals surface area contributed by atoms with Gasteiger partial charge < -0.3 is 10.4 Å². The van der Waals surface area contributed by atoms with E-state index in [-0.39, 0.29) is 12.5 Å². The number of aromatic nitrogens is 2. The number of hydrogen-bond donors (Lipinski definition) is 2. The van der Waals surface area contributed by atoms with E-state index >= 15 is 0 Å². The van der Waals surface area contributed by atoms with Gasteiger partial charge in [-0.1, -0.05) is 0 Å². The van der Waals surface area contributed by atoms with Gasteiger partial charge in [0.2, 0.25) is 5.91 Å². The first-order valence-corrected chi connectivity index (χ1v) is 4.02. The molecule has 1 heterocycles. The second-order valence-corrected chi connectivity index (χ2v) is 2.93. The number of hydrogen-bond acceptors (Lipinski definition) is 3. The number of carboxylic acids is 1. The van der Waals surface area contributed by atoms with Crippen molar-refractivity contribution in [2.24, 2.45) is 0 Å². The predicted octanol–water partition coefficient (Wildman–Crippen LogP) is 0.235. The molecule has 2 N–H and O–H groups in total. The summed E-state index contributed by atoms with van der Waals surface area (Å²) in [6, 6.07) is 0. The Morgan fingerprint density at radius 2 is 2.29 bits per heavy atom. The number of amides is 1. The molecule has 0 spiro atoms. The number of aryl methyl sites for hydroxylation is 1. The molecular weight excluding hydrogens is 186 g/mol. The van der Waals surface area contributed by atoms with Crippen LogP contribution >= 0.6 is 0 Å². The highest BCUT2D eigenvalue weighted by molar-refractivity contribution is 5.88. The lowest BCUT2D eigenvalue weighted by molar-refractivity contribution is -0.137. The molecule has 0 saturated heterocycles. The van der Waals surface area contributed by atoms with E-state index in [1.54, 1.807) is 13.1 Å². The van der Waals surface area contributed by atoms with Crippen LogP contribution in [0.15, 0.2) is 6.20 Å². The van der Waals surface area contributed by atoms with Gasteiger partial charge in [0.05, 0.1) is 0 Å². The van der Waals surface area contributed by atoms with Crippen molar-refractivity contribution in [3.05, 3.63) is 11.8 Å². The Morgan fingerprint density at radius 3 is 2.79 bits per heavy atom. The van der Waals surface area contributed by atoms with Crippen LogP contribution in [0.25, 0.3) is 0 Å². The van der Waals surface area contributed by atoms with Gasteiger partial charge in [-0.15, -0.1) is 0 Å². The van der Waals surface area contributed by atoms with Crippen molar-refractivity contribution in [2.45, 2.75) is 20.4 Å². The molecular formula is C8H11N3O3. The molecule has 0 aliphatic heterocycles. The van der Waals surface area contributed by atoms with Crippen LogP contribution in [0.5, 0.6) is 0 Å². The lowest BCUT2D eigenvalue weighted by Crippen LogP contribution is -2.11. The van der Waals surface area contributed by atoms with Crippen molar-refractivity contribution >= 4 is 17.7 Å². The Morgan fingerprint density at radius 1 is 1.64 bits per heavy atom. The summed E-state index contributed by atoms with van der Waals surface area (Å²) < 4.78 is 1.27. The van der Waals surface area contributed by atoms with Gasteiger partial charge in [0, 0.05) is 18.7 Å². The van der Waals surface area contributed by atoms with Crippen molar-refractivity contribution in [3.8, 4) is 0 Å².